The first-order valence-electron chi connectivity index (χ1n) is 3.06. The Balaban J connectivity index is 0. The van der Waals surface area contributed by atoms with Crippen molar-refractivity contribution in [2.24, 2.45) is 5.73 Å². The molecule has 68 valence electrons. The summed E-state index contributed by atoms with van der Waals surface area (Å²) in [5, 5.41) is 8.37. The molecule has 0 fully saturated rings. The maximum atomic E-state index is 10.2. The summed E-state index contributed by atoms with van der Waals surface area (Å²) in [6.45, 7) is 0. The fourth-order valence-electron chi connectivity index (χ4n) is 0.486. The maximum Gasteiger partial charge on any atom is 0.320 e. The van der Waals surface area contributed by atoms with Crippen molar-refractivity contribution in [2.45, 2.75) is 12.5 Å². The summed E-state index contributed by atoms with van der Waals surface area (Å²) in [6, 6.07) is -0.671. The third-order valence-electron chi connectivity index (χ3n) is 1.15. The Morgan fingerprint density at radius 3 is 2.36 bits per heavy atom. The van der Waals surface area contributed by atoms with Crippen molar-refractivity contribution in [2.75, 3.05) is 18.3 Å². The molecule has 0 amide bonds. The highest BCUT2D eigenvalue weighted by atomic mass is 79.9. The number of carbonyl (C=O) groups is 1. The zero-order chi connectivity index (χ0) is 8.15. The van der Waals surface area contributed by atoms with Crippen molar-refractivity contribution in [1.82, 2.24) is 0 Å². The third-order valence-corrected chi connectivity index (χ3v) is 2.21. The highest BCUT2D eigenvalue weighted by Gasteiger charge is 2.14. The number of carboxylic acid groups (broad SMARTS) is 1. The number of halogens is 1. The molecule has 0 aliphatic rings. The van der Waals surface area contributed by atoms with E-state index in [9.17, 15) is 4.79 Å². The molecule has 0 radical (unpaired) electrons. The van der Waals surface area contributed by atoms with Gasteiger partial charge in [-0.3, -0.25) is 4.79 Å². The molecule has 0 aliphatic heterocycles. The molecule has 0 saturated carbocycles. The van der Waals surface area contributed by atoms with Crippen LogP contribution in [0.2, 0.25) is 0 Å². The van der Waals surface area contributed by atoms with Crippen molar-refractivity contribution in [3.63, 3.8) is 0 Å². The van der Waals surface area contributed by atoms with Gasteiger partial charge in [0, 0.05) is 6.42 Å². The minimum atomic E-state index is -0.898. The van der Waals surface area contributed by atoms with Crippen molar-refractivity contribution >= 4 is 16.9 Å². The smallest absolute Gasteiger partial charge is 0.320 e. The van der Waals surface area contributed by atoms with Gasteiger partial charge in [0.2, 0.25) is 0 Å². The molecule has 0 unspecified atom stereocenters. The summed E-state index contributed by atoms with van der Waals surface area (Å²) in [5.41, 5.74) is 5.27. The van der Waals surface area contributed by atoms with E-state index >= 15 is 0 Å². The third kappa shape index (κ3) is 8.16. The van der Waals surface area contributed by atoms with E-state index in [-0.39, 0.29) is 17.0 Å². The van der Waals surface area contributed by atoms with Crippen LogP contribution in [-0.4, -0.2) is 35.4 Å². The van der Waals surface area contributed by atoms with Gasteiger partial charge in [-0.1, -0.05) is 0 Å². The van der Waals surface area contributed by atoms with Crippen LogP contribution < -0.4 is 22.7 Å². The lowest BCUT2D eigenvalue weighted by Crippen LogP contribution is -3.00. The number of nitrogens with two attached hydrogens (primary N) is 1. The zero-order valence-electron chi connectivity index (χ0n) is 6.71. The van der Waals surface area contributed by atoms with Gasteiger partial charge < -0.3 is 27.8 Å². The molecule has 0 saturated heterocycles. The Hall–Kier alpha value is 0.260. The minimum absolute atomic E-state index is 0. The van der Waals surface area contributed by atoms with Gasteiger partial charge in [0.15, 0.2) is 0 Å². The van der Waals surface area contributed by atoms with Gasteiger partial charge in [-0.15, -0.1) is 0 Å². The number of aliphatic carboxylic acids is 1. The van der Waals surface area contributed by atoms with E-state index in [4.69, 9.17) is 10.8 Å². The van der Waals surface area contributed by atoms with E-state index in [1.54, 1.807) is 0 Å². The summed E-state index contributed by atoms with van der Waals surface area (Å²) in [4.78, 5) is 10.2. The molecular weight excluding hydrogens is 230 g/mol. The largest absolute Gasteiger partial charge is 1.00 e. The van der Waals surface area contributed by atoms with Gasteiger partial charge in [-0.25, -0.2) is 0 Å². The molecule has 0 aromatic carbocycles. The minimum Gasteiger partial charge on any atom is -1.00 e. The fourth-order valence-corrected chi connectivity index (χ4v) is 1.21. The predicted molar refractivity (Wildman–Crippen MR) is 44.3 cm³/mol. The van der Waals surface area contributed by atoms with Gasteiger partial charge in [0.25, 0.3) is 0 Å². The molecule has 0 aromatic heterocycles. The molecule has 0 spiro atoms. The molecule has 0 aromatic rings. The Bertz CT molecular complexity index is 121. The average molecular weight is 244 g/mol. The molecule has 0 bridgehead atoms. The van der Waals surface area contributed by atoms with Crippen LogP contribution in [0.15, 0.2) is 0 Å². The second-order valence-electron chi connectivity index (χ2n) is 2.42. The first-order chi connectivity index (χ1) is 4.54. The average Bonchev–Trinajstić information content (AvgIpc) is 1.82. The van der Waals surface area contributed by atoms with E-state index in [1.807, 2.05) is 0 Å². The highest BCUT2D eigenvalue weighted by molar-refractivity contribution is 7.95. The number of hydrogen-bond acceptors (Lipinski definition) is 2. The van der Waals surface area contributed by atoms with Crippen LogP contribution in [0.25, 0.3) is 0 Å². The Morgan fingerprint density at radius 2 is 2.09 bits per heavy atom. The molecule has 1 atom stereocenters. The van der Waals surface area contributed by atoms with E-state index < -0.39 is 12.0 Å². The van der Waals surface area contributed by atoms with Crippen LogP contribution in [0.4, 0.5) is 0 Å². The van der Waals surface area contributed by atoms with Gasteiger partial charge in [-0.2, -0.15) is 0 Å². The first-order valence-corrected chi connectivity index (χ1v) is 5.27. The summed E-state index contributed by atoms with van der Waals surface area (Å²) in [5.74, 6) is 0.0125. The van der Waals surface area contributed by atoms with E-state index in [1.165, 1.54) is 0 Å². The van der Waals surface area contributed by atoms with Crippen LogP contribution in [0, 0.1) is 0 Å². The van der Waals surface area contributed by atoms with Crippen LogP contribution in [-0.2, 0) is 15.7 Å². The topological polar surface area (TPSA) is 63.3 Å². The lowest BCUT2D eigenvalue weighted by Gasteiger charge is -2.02. The number of hydrogen-bond donors (Lipinski definition) is 2. The molecule has 11 heavy (non-hydrogen) atoms. The lowest BCUT2D eigenvalue weighted by molar-refractivity contribution is -0.138. The second kappa shape index (κ2) is 6.94. The molecule has 3 nitrogen and oxygen atoms in total. The maximum absolute atomic E-state index is 10.2. The van der Waals surface area contributed by atoms with E-state index in [0.717, 1.165) is 5.75 Å². The van der Waals surface area contributed by atoms with Crippen LogP contribution in [0.5, 0.6) is 0 Å². The van der Waals surface area contributed by atoms with Crippen molar-refractivity contribution in [1.29, 1.82) is 0 Å². The van der Waals surface area contributed by atoms with E-state index in [0.29, 0.717) is 17.3 Å². The molecule has 0 rings (SSSR count). The highest BCUT2D eigenvalue weighted by Crippen LogP contribution is 1.93. The first kappa shape index (κ1) is 13.8. The molecule has 0 aliphatic carbocycles. The quantitative estimate of drug-likeness (QED) is 0.508. The molecular formula is C6H14BrNO2S. The van der Waals surface area contributed by atoms with E-state index in [2.05, 4.69) is 12.5 Å². The SMILES string of the molecule is C[S+](C)CC[C@H](N)C(=O)O.[Br-]. The van der Waals surface area contributed by atoms with Gasteiger partial charge >= 0.3 is 5.97 Å². The Labute approximate surface area is 80.5 Å². The van der Waals surface area contributed by atoms with Gasteiger partial charge in [0.1, 0.15) is 11.8 Å². The van der Waals surface area contributed by atoms with Crippen LogP contribution >= 0.6 is 0 Å². The Morgan fingerprint density at radius 1 is 1.64 bits per heavy atom. The summed E-state index contributed by atoms with van der Waals surface area (Å²) in [6.07, 6.45) is 4.74. The van der Waals surface area contributed by atoms with Crippen molar-refractivity contribution in [3.05, 3.63) is 0 Å². The van der Waals surface area contributed by atoms with Crippen LogP contribution in [0.1, 0.15) is 6.42 Å². The van der Waals surface area contributed by atoms with Gasteiger partial charge in [0.05, 0.1) is 12.5 Å². The fraction of sp³-hybridized carbons (Fsp3) is 0.833. The van der Waals surface area contributed by atoms with Gasteiger partial charge in [-0.05, 0) is 10.9 Å². The monoisotopic (exact) mass is 243 g/mol. The zero-order valence-corrected chi connectivity index (χ0v) is 9.11. The summed E-state index contributed by atoms with van der Waals surface area (Å²) < 4.78 is 0. The Kier molecular flexibility index (Phi) is 8.72. The van der Waals surface area contributed by atoms with Crippen molar-refractivity contribution in [3.8, 4) is 0 Å². The predicted octanol–water partition coefficient (Wildman–Crippen LogP) is -3.33. The summed E-state index contributed by atoms with van der Waals surface area (Å²) in [7, 11) is 0.304. The normalized spacial score (nSPS) is 12.4. The lowest BCUT2D eigenvalue weighted by atomic mass is 10.2. The van der Waals surface area contributed by atoms with Crippen LogP contribution in [0.3, 0.4) is 0 Å². The molecule has 0 heterocycles. The number of carboxylic acids is 1. The standard InChI is InChI=1S/C6H13NO2S.BrH/c1-10(2)4-3-5(7)6(8)9;/h5H,3-4,7H2,1-2H3;1H/t5-;/m0./s1. The molecule has 5 heteroatoms. The van der Waals surface area contributed by atoms with Crippen molar-refractivity contribution < 1.29 is 26.9 Å². The number of rotatable bonds is 4. The second-order valence-corrected chi connectivity index (χ2v) is 4.80. The molecule has 3 N–H and O–H groups in total. The summed E-state index contributed by atoms with van der Waals surface area (Å²) >= 11 is 0.